The largest absolute Gasteiger partial charge is 0.497 e. The van der Waals surface area contributed by atoms with Gasteiger partial charge in [-0.2, -0.15) is 0 Å². The van der Waals surface area contributed by atoms with Crippen LogP contribution in [0.15, 0.2) is 36.4 Å². The average Bonchev–Trinajstić information content (AvgIpc) is 2.59. The maximum atomic E-state index is 11.1. The number of aliphatic hydroxyl groups excluding tert-OH is 1. The molecule has 2 rings (SSSR count). The highest BCUT2D eigenvalue weighted by Gasteiger charge is 2.16. The molecule has 1 unspecified atom stereocenters. The molecule has 0 radical (unpaired) electrons. The molecule has 0 aliphatic carbocycles. The van der Waals surface area contributed by atoms with Gasteiger partial charge in [-0.05, 0) is 52.4 Å². The Kier molecular flexibility index (Phi) is 6.21. The molecule has 2 aromatic rings. The van der Waals surface area contributed by atoms with Gasteiger partial charge in [-0.15, -0.1) is 0 Å². The third kappa shape index (κ3) is 4.48. The summed E-state index contributed by atoms with van der Waals surface area (Å²) in [6.45, 7) is 0.109. The quantitative estimate of drug-likeness (QED) is 0.387. The molecular formula is C16H17IN2O5. The number of nitro groups is 1. The van der Waals surface area contributed by atoms with E-state index in [9.17, 15) is 15.2 Å². The minimum Gasteiger partial charge on any atom is -0.497 e. The van der Waals surface area contributed by atoms with Crippen LogP contribution in [0.25, 0.3) is 0 Å². The van der Waals surface area contributed by atoms with E-state index in [4.69, 9.17) is 9.47 Å². The lowest BCUT2D eigenvalue weighted by Gasteiger charge is -2.15. The fourth-order valence-corrected chi connectivity index (χ4v) is 2.63. The number of nitrogens with one attached hydrogen (secondary N) is 1. The van der Waals surface area contributed by atoms with Crippen LogP contribution in [0.3, 0.4) is 0 Å². The van der Waals surface area contributed by atoms with Crippen molar-refractivity contribution in [2.75, 3.05) is 26.1 Å². The Morgan fingerprint density at radius 3 is 2.38 bits per heavy atom. The summed E-state index contributed by atoms with van der Waals surface area (Å²) in [5, 5.41) is 24.4. The predicted octanol–water partition coefficient (Wildman–Crippen LogP) is 3.36. The Morgan fingerprint density at radius 2 is 1.83 bits per heavy atom. The number of hydrogen-bond acceptors (Lipinski definition) is 6. The average molecular weight is 444 g/mol. The number of ether oxygens (including phenoxy) is 2. The first kappa shape index (κ1) is 18.3. The topological polar surface area (TPSA) is 93.9 Å². The summed E-state index contributed by atoms with van der Waals surface area (Å²) >= 11 is 2.01. The van der Waals surface area contributed by atoms with E-state index in [0.29, 0.717) is 22.7 Å². The number of nitrogens with zero attached hydrogens (tertiary/aromatic N) is 1. The minimum atomic E-state index is -0.882. The Bertz CT molecular complexity index is 716. The van der Waals surface area contributed by atoms with Gasteiger partial charge in [0.25, 0.3) is 5.69 Å². The van der Waals surface area contributed by atoms with Crippen LogP contribution in [0.2, 0.25) is 0 Å². The second-order valence-corrected chi connectivity index (χ2v) is 6.21. The summed E-state index contributed by atoms with van der Waals surface area (Å²) in [6, 6.07) is 9.95. The van der Waals surface area contributed by atoms with Crippen molar-refractivity contribution in [3.63, 3.8) is 0 Å². The van der Waals surface area contributed by atoms with Crippen LogP contribution in [-0.2, 0) is 0 Å². The van der Waals surface area contributed by atoms with E-state index in [2.05, 4.69) is 5.32 Å². The molecule has 8 heteroatoms. The van der Waals surface area contributed by atoms with Gasteiger partial charge in [0, 0.05) is 22.2 Å². The van der Waals surface area contributed by atoms with Crippen LogP contribution < -0.4 is 14.8 Å². The Labute approximate surface area is 152 Å². The number of nitro benzene ring substituents is 1. The molecule has 1 atom stereocenters. The Hall–Kier alpha value is -2.07. The lowest BCUT2D eigenvalue weighted by Crippen LogP contribution is -2.13. The normalized spacial score (nSPS) is 11.7. The molecule has 0 saturated carbocycles. The summed E-state index contributed by atoms with van der Waals surface area (Å²) in [4.78, 5) is 10.7. The number of methoxy groups -OCH3 is 2. The number of hydrogen-bond donors (Lipinski definition) is 2. The highest BCUT2D eigenvalue weighted by molar-refractivity contribution is 14.1. The van der Waals surface area contributed by atoms with Gasteiger partial charge >= 0.3 is 0 Å². The molecule has 0 bridgehead atoms. The molecule has 0 aromatic heterocycles. The number of rotatable bonds is 7. The third-order valence-electron chi connectivity index (χ3n) is 3.40. The maximum Gasteiger partial charge on any atom is 0.293 e. The molecule has 24 heavy (non-hydrogen) atoms. The van der Waals surface area contributed by atoms with Crippen LogP contribution in [0, 0.1) is 13.7 Å². The van der Waals surface area contributed by atoms with E-state index in [1.54, 1.807) is 30.3 Å². The van der Waals surface area contributed by atoms with Gasteiger partial charge in [0.1, 0.15) is 17.2 Å². The van der Waals surface area contributed by atoms with Gasteiger partial charge in [-0.25, -0.2) is 0 Å². The van der Waals surface area contributed by atoms with Crippen molar-refractivity contribution in [1.29, 1.82) is 0 Å². The van der Waals surface area contributed by atoms with E-state index in [-0.39, 0.29) is 12.2 Å². The van der Waals surface area contributed by atoms with E-state index >= 15 is 0 Å². The molecule has 0 saturated heterocycles. The molecular weight excluding hydrogens is 427 g/mol. The molecule has 0 aliphatic rings. The summed E-state index contributed by atoms with van der Waals surface area (Å²) in [5.74, 6) is 1.12. The predicted molar refractivity (Wildman–Crippen MR) is 98.8 cm³/mol. The second kappa shape index (κ2) is 8.15. The monoisotopic (exact) mass is 444 g/mol. The zero-order valence-corrected chi connectivity index (χ0v) is 15.3. The van der Waals surface area contributed by atoms with E-state index in [1.807, 2.05) is 22.6 Å². The zero-order valence-electron chi connectivity index (χ0n) is 13.2. The summed E-state index contributed by atoms with van der Waals surface area (Å²) in [7, 11) is 3.05. The number of anilines is 1. The Balaban J connectivity index is 2.16. The van der Waals surface area contributed by atoms with Crippen LogP contribution >= 0.6 is 22.6 Å². The Morgan fingerprint density at radius 1 is 1.21 bits per heavy atom. The third-order valence-corrected chi connectivity index (χ3v) is 4.07. The van der Waals surface area contributed by atoms with Gasteiger partial charge in [0.05, 0.1) is 25.2 Å². The van der Waals surface area contributed by atoms with Crippen molar-refractivity contribution in [3.8, 4) is 11.5 Å². The van der Waals surface area contributed by atoms with Gasteiger partial charge in [0.2, 0.25) is 0 Å². The van der Waals surface area contributed by atoms with Crippen molar-refractivity contribution in [2.45, 2.75) is 6.10 Å². The molecule has 2 aromatic carbocycles. The SMILES string of the molecule is COc1cc(OC)cc(C(O)CNc2ccc(I)cc2[N+](=O)[O-])c1. The molecule has 2 N–H and O–H groups in total. The van der Waals surface area contributed by atoms with Gasteiger partial charge < -0.3 is 19.9 Å². The smallest absolute Gasteiger partial charge is 0.293 e. The van der Waals surface area contributed by atoms with Crippen LogP contribution in [0.4, 0.5) is 11.4 Å². The van der Waals surface area contributed by atoms with Gasteiger partial charge in [-0.3, -0.25) is 10.1 Å². The number of benzene rings is 2. The van der Waals surface area contributed by atoms with Crippen LogP contribution in [0.5, 0.6) is 11.5 Å². The van der Waals surface area contributed by atoms with Gasteiger partial charge in [0.15, 0.2) is 0 Å². The summed E-state index contributed by atoms with van der Waals surface area (Å²) in [5.41, 5.74) is 0.915. The van der Waals surface area contributed by atoms with E-state index in [0.717, 1.165) is 3.57 Å². The van der Waals surface area contributed by atoms with Crippen LogP contribution in [0.1, 0.15) is 11.7 Å². The number of aliphatic hydroxyl groups is 1. The van der Waals surface area contributed by atoms with Crippen molar-refractivity contribution in [3.05, 3.63) is 55.6 Å². The standard InChI is InChI=1S/C16H17IN2O5/c1-23-12-5-10(6-13(8-12)24-2)16(20)9-18-14-4-3-11(17)7-15(14)19(21)22/h3-8,16,18,20H,9H2,1-2H3. The molecule has 7 nitrogen and oxygen atoms in total. The lowest BCUT2D eigenvalue weighted by molar-refractivity contribution is -0.384. The molecule has 0 spiro atoms. The fourth-order valence-electron chi connectivity index (χ4n) is 2.15. The van der Waals surface area contributed by atoms with Crippen molar-refractivity contribution in [2.24, 2.45) is 0 Å². The molecule has 0 amide bonds. The highest BCUT2D eigenvalue weighted by Crippen LogP contribution is 2.29. The molecule has 128 valence electrons. The van der Waals surface area contributed by atoms with Crippen molar-refractivity contribution >= 4 is 34.0 Å². The van der Waals surface area contributed by atoms with Gasteiger partial charge in [-0.1, -0.05) is 0 Å². The highest BCUT2D eigenvalue weighted by atomic mass is 127. The van der Waals surface area contributed by atoms with Crippen LogP contribution in [-0.4, -0.2) is 30.8 Å². The molecule has 0 fully saturated rings. The van der Waals surface area contributed by atoms with E-state index < -0.39 is 11.0 Å². The second-order valence-electron chi connectivity index (χ2n) is 4.96. The van der Waals surface area contributed by atoms with E-state index in [1.165, 1.54) is 20.3 Å². The fraction of sp³-hybridized carbons (Fsp3) is 0.250. The minimum absolute atomic E-state index is 0.0303. The first-order valence-corrected chi connectivity index (χ1v) is 8.11. The summed E-state index contributed by atoms with van der Waals surface area (Å²) < 4.78 is 11.1. The first-order valence-electron chi connectivity index (χ1n) is 7.03. The van der Waals surface area contributed by atoms with Crippen molar-refractivity contribution < 1.29 is 19.5 Å². The first-order chi connectivity index (χ1) is 11.4. The molecule has 0 aliphatic heterocycles. The number of halogens is 1. The van der Waals surface area contributed by atoms with Crippen molar-refractivity contribution in [1.82, 2.24) is 0 Å². The lowest BCUT2D eigenvalue weighted by atomic mass is 10.1. The summed E-state index contributed by atoms with van der Waals surface area (Å²) in [6.07, 6.45) is -0.882. The zero-order chi connectivity index (χ0) is 17.7. The molecule has 0 heterocycles. The maximum absolute atomic E-state index is 11.1.